The van der Waals surface area contributed by atoms with E-state index >= 15 is 0 Å². The lowest BCUT2D eigenvalue weighted by atomic mass is 9.91. The Labute approximate surface area is 194 Å². The minimum atomic E-state index is -0.134. The highest BCUT2D eigenvalue weighted by molar-refractivity contribution is 7.98. The van der Waals surface area contributed by atoms with Crippen LogP contribution in [-0.4, -0.2) is 43.4 Å². The van der Waals surface area contributed by atoms with Gasteiger partial charge in [-0.25, -0.2) is 9.78 Å². The molecule has 3 N–H and O–H groups in total. The average molecular weight is 450 g/mol. The lowest BCUT2D eigenvalue weighted by molar-refractivity contribution is 0.243. The third kappa shape index (κ3) is 5.46. The van der Waals surface area contributed by atoms with Crippen molar-refractivity contribution in [1.29, 1.82) is 0 Å². The van der Waals surface area contributed by atoms with Gasteiger partial charge in [0, 0.05) is 53.9 Å². The summed E-state index contributed by atoms with van der Waals surface area (Å²) in [6.45, 7) is 0. The summed E-state index contributed by atoms with van der Waals surface area (Å²) < 4.78 is 0. The molecule has 0 saturated heterocycles. The summed E-state index contributed by atoms with van der Waals surface area (Å²) in [6.07, 6.45) is 5.94. The number of urea groups is 1. The molecule has 1 aromatic heterocycles. The molecule has 1 aliphatic rings. The topological polar surface area (TPSA) is 69.3 Å². The number of anilines is 3. The number of carbonyl (C=O) groups is 1. The number of carbonyl (C=O) groups excluding carboxylic acids is 1. The molecule has 0 radical (unpaired) electrons. The number of para-hydroxylation sites is 1. The molecule has 0 bridgehead atoms. The van der Waals surface area contributed by atoms with Gasteiger partial charge in [0.05, 0.1) is 5.52 Å². The van der Waals surface area contributed by atoms with E-state index in [4.69, 9.17) is 4.98 Å². The van der Waals surface area contributed by atoms with Gasteiger partial charge in [0.25, 0.3) is 0 Å². The van der Waals surface area contributed by atoms with Crippen LogP contribution in [0.15, 0.2) is 59.5 Å². The molecule has 2 amide bonds. The summed E-state index contributed by atoms with van der Waals surface area (Å²) in [5, 5.41) is 10.8. The van der Waals surface area contributed by atoms with Crippen LogP contribution in [0, 0.1) is 0 Å². The first-order valence-corrected chi connectivity index (χ1v) is 12.3. The third-order valence-electron chi connectivity index (χ3n) is 5.94. The van der Waals surface area contributed by atoms with Crippen LogP contribution >= 0.6 is 11.8 Å². The van der Waals surface area contributed by atoms with E-state index < -0.39 is 0 Å². The molecule has 0 unspecified atom stereocenters. The Hall–Kier alpha value is -2.93. The minimum Gasteiger partial charge on any atom is -0.377 e. The average Bonchev–Trinajstić information content (AvgIpc) is 2.80. The van der Waals surface area contributed by atoms with Crippen molar-refractivity contribution in [2.75, 3.05) is 35.9 Å². The van der Waals surface area contributed by atoms with Gasteiger partial charge in [-0.15, -0.1) is 11.8 Å². The second-order valence-electron chi connectivity index (χ2n) is 8.46. The van der Waals surface area contributed by atoms with Crippen LogP contribution in [0.4, 0.5) is 22.0 Å². The highest BCUT2D eigenvalue weighted by Gasteiger charge is 2.23. The standard InChI is InChI=1S/C25H31N5OS/c1-30(2)23-16-24(29-22-7-5-4-6-21(22)23)26-17-8-10-18(11-9-17)27-25(31)28-19-12-14-20(32-3)15-13-19/h4-7,12-18H,8-11H2,1-3H3,(H,26,29)(H2,27,28,31)/t17-,18+. The van der Waals surface area contributed by atoms with Gasteiger partial charge in [0.1, 0.15) is 5.82 Å². The van der Waals surface area contributed by atoms with Crippen LogP contribution in [0.2, 0.25) is 0 Å². The number of hydrogen-bond acceptors (Lipinski definition) is 5. The molecule has 168 valence electrons. The number of benzene rings is 2. The zero-order chi connectivity index (χ0) is 22.5. The van der Waals surface area contributed by atoms with Crippen LogP contribution in [0.5, 0.6) is 0 Å². The van der Waals surface area contributed by atoms with Gasteiger partial charge in [-0.1, -0.05) is 18.2 Å². The smallest absolute Gasteiger partial charge is 0.319 e. The van der Waals surface area contributed by atoms with Gasteiger partial charge in [-0.3, -0.25) is 0 Å². The van der Waals surface area contributed by atoms with Crippen molar-refractivity contribution in [3.8, 4) is 0 Å². The first kappa shape index (κ1) is 22.3. The number of nitrogens with zero attached hydrogens (tertiary/aromatic N) is 2. The summed E-state index contributed by atoms with van der Waals surface area (Å²) in [7, 11) is 4.12. The molecule has 32 heavy (non-hydrogen) atoms. The number of nitrogens with one attached hydrogen (secondary N) is 3. The summed E-state index contributed by atoms with van der Waals surface area (Å²) >= 11 is 1.69. The minimum absolute atomic E-state index is 0.134. The van der Waals surface area contributed by atoms with E-state index in [0.29, 0.717) is 6.04 Å². The molecule has 1 saturated carbocycles. The predicted octanol–water partition coefficient (Wildman–Crippen LogP) is 5.57. The van der Waals surface area contributed by atoms with Crippen molar-refractivity contribution in [3.63, 3.8) is 0 Å². The summed E-state index contributed by atoms with van der Waals surface area (Å²) in [4.78, 5) is 20.5. The van der Waals surface area contributed by atoms with Gasteiger partial charge >= 0.3 is 6.03 Å². The van der Waals surface area contributed by atoms with E-state index in [-0.39, 0.29) is 12.1 Å². The molecule has 1 aliphatic carbocycles. The molecule has 1 heterocycles. The van der Waals surface area contributed by atoms with Crippen molar-refractivity contribution in [2.24, 2.45) is 0 Å². The molecule has 0 aliphatic heterocycles. The zero-order valence-corrected chi connectivity index (χ0v) is 19.7. The van der Waals surface area contributed by atoms with Gasteiger partial charge in [0.15, 0.2) is 0 Å². The Balaban J connectivity index is 1.30. The Morgan fingerprint density at radius 3 is 2.38 bits per heavy atom. The monoisotopic (exact) mass is 449 g/mol. The maximum atomic E-state index is 12.4. The molecule has 0 atom stereocenters. The van der Waals surface area contributed by atoms with Gasteiger partial charge < -0.3 is 20.9 Å². The Morgan fingerprint density at radius 2 is 1.69 bits per heavy atom. The molecule has 3 aromatic rings. The lowest BCUT2D eigenvalue weighted by Crippen LogP contribution is -2.42. The Kier molecular flexibility index (Phi) is 7.05. The van der Waals surface area contributed by atoms with Crippen molar-refractivity contribution >= 4 is 45.9 Å². The second kappa shape index (κ2) is 10.1. The largest absolute Gasteiger partial charge is 0.377 e. The normalized spacial score (nSPS) is 18.2. The van der Waals surface area contributed by atoms with Gasteiger partial charge in [0.2, 0.25) is 0 Å². The van der Waals surface area contributed by atoms with Gasteiger partial charge in [-0.2, -0.15) is 0 Å². The van der Waals surface area contributed by atoms with E-state index in [1.807, 2.05) is 42.7 Å². The van der Waals surface area contributed by atoms with E-state index in [1.165, 1.54) is 4.90 Å². The molecule has 7 heteroatoms. The first-order chi connectivity index (χ1) is 15.5. The number of aromatic nitrogens is 1. The number of fused-ring (bicyclic) bond motifs is 1. The quantitative estimate of drug-likeness (QED) is 0.429. The SMILES string of the molecule is CSc1ccc(NC(=O)N[C@H]2CC[C@@H](Nc3cc(N(C)C)c4ccccc4n3)CC2)cc1. The summed E-state index contributed by atoms with van der Waals surface area (Å²) in [5.74, 6) is 0.912. The van der Waals surface area contributed by atoms with E-state index in [1.54, 1.807) is 11.8 Å². The number of thioether (sulfide) groups is 1. The number of hydrogen-bond donors (Lipinski definition) is 3. The molecular formula is C25H31N5OS. The number of amides is 2. The fraction of sp³-hybridized carbons (Fsp3) is 0.360. The maximum Gasteiger partial charge on any atom is 0.319 e. The molecule has 0 spiro atoms. The van der Waals surface area contributed by atoms with Gasteiger partial charge in [-0.05, 0) is 62.3 Å². The molecule has 6 nitrogen and oxygen atoms in total. The zero-order valence-electron chi connectivity index (χ0n) is 18.9. The Bertz CT molecular complexity index is 1060. The van der Waals surface area contributed by atoms with Crippen molar-refractivity contribution in [2.45, 2.75) is 42.7 Å². The van der Waals surface area contributed by atoms with E-state index in [0.717, 1.165) is 53.8 Å². The molecule has 1 fully saturated rings. The lowest BCUT2D eigenvalue weighted by Gasteiger charge is -2.30. The first-order valence-electron chi connectivity index (χ1n) is 11.1. The molecular weight excluding hydrogens is 418 g/mol. The molecule has 4 rings (SSSR count). The highest BCUT2D eigenvalue weighted by atomic mass is 32.2. The van der Waals surface area contributed by atoms with Crippen LogP contribution in [0.25, 0.3) is 10.9 Å². The predicted molar refractivity (Wildman–Crippen MR) is 136 cm³/mol. The van der Waals surface area contributed by atoms with E-state index in [2.05, 4.69) is 53.1 Å². The Morgan fingerprint density at radius 1 is 1.00 bits per heavy atom. The number of pyridine rings is 1. The third-order valence-corrected chi connectivity index (χ3v) is 6.68. The second-order valence-corrected chi connectivity index (χ2v) is 9.34. The van der Waals surface area contributed by atoms with Crippen LogP contribution in [0.3, 0.4) is 0 Å². The number of rotatable bonds is 6. The van der Waals surface area contributed by atoms with Crippen LogP contribution in [0.1, 0.15) is 25.7 Å². The molecule has 2 aromatic carbocycles. The summed E-state index contributed by atoms with van der Waals surface area (Å²) in [5.41, 5.74) is 2.98. The van der Waals surface area contributed by atoms with E-state index in [9.17, 15) is 4.79 Å². The van der Waals surface area contributed by atoms with Crippen molar-refractivity contribution in [1.82, 2.24) is 10.3 Å². The van der Waals surface area contributed by atoms with Crippen LogP contribution < -0.4 is 20.9 Å². The van der Waals surface area contributed by atoms with Crippen molar-refractivity contribution < 1.29 is 4.79 Å². The highest BCUT2D eigenvalue weighted by Crippen LogP contribution is 2.29. The fourth-order valence-corrected chi connectivity index (χ4v) is 4.63. The van der Waals surface area contributed by atoms with Crippen molar-refractivity contribution in [3.05, 3.63) is 54.6 Å². The van der Waals surface area contributed by atoms with Crippen LogP contribution in [-0.2, 0) is 0 Å². The summed E-state index contributed by atoms with van der Waals surface area (Å²) in [6, 6.07) is 18.7. The fourth-order valence-electron chi connectivity index (χ4n) is 4.22. The maximum absolute atomic E-state index is 12.4.